The fourth-order valence-corrected chi connectivity index (χ4v) is 6.83. The molecule has 1 aromatic carbocycles. The fraction of sp³-hybridized carbons (Fsp3) is 0.125. The Kier molecular flexibility index (Phi) is 5.37. The van der Waals surface area contributed by atoms with E-state index in [4.69, 9.17) is 0 Å². The van der Waals surface area contributed by atoms with Gasteiger partial charge in [-0.1, -0.05) is 0 Å². The molecule has 0 saturated carbocycles. The maximum atomic E-state index is 11.2. The van der Waals surface area contributed by atoms with E-state index in [0.29, 0.717) is 62.5 Å². The molecule has 1 rings (SSSR count). The second kappa shape index (κ2) is 5.46. The van der Waals surface area contributed by atoms with Gasteiger partial charge in [-0.3, -0.25) is 0 Å². The first-order chi connectivity index (χ1) is 5.24. The van der Waals surface area contributed by atoms with Crippen LogP contribution in [0.4, 0.5) is 0 Å². The monoisotopic (exact) mass is 382 g/mol. The van der Waals surface area contributed by atoms with Crippen LogP contribution in [0.2, 0.25) is 0 Å². The molecule has 0 aliphatic carbocycles. The first-order valence-corrected chi connectivity index (χ1v) is 24.1. The number of hydrogen-bond donors (Lipinski definition) is 0. The molecule has 0 heterocycles. The van der Waals surface area contributed by atoms with Gasteiger partial charge in [0.1, 0.15) is 0 Å². The zero-order valence-electron chi connectivity index (χ0n) is 6.63. The molecule has 52 valence electrons. The van der Waals surface area contributed by atoms with Crippen molar-refractivity contribution < 1.29 is 4.79 Å². The van der Waals surface area contributed by atoms with Crippen LogP contribution in [0, 0.1) is 6.92 Å². The van der Waals surface area contributed by atoms with Crippen molar-refractivity contribution in [1.82, 2.24) is 0 Å². The Morgan fingerprint density at radius 1 is 1.36 bits per heavy atom. The van der Waals surface area contributed by atoms with Gasteiger partial charge in [0.05, 0.1) is 0 Å². The maximum absolute atomic E-state index is 11.2. The van der Waals surface area contributed by atoms with Crippen LogP contribution in [0.5, 0.6) is 0 Å². The van der Waals surface area contributed by atoms with Gasteiger partial charge in [0.25, 0.3) is 0 Å². The summed E-state index contributed by atoms with van der Waals surface area (Å²) in [6.45, 7) is 2.04. The summed E-state index contributed by atoms with van der Waals surface area (Å²) in [5.41, 5.74) is 2.16. The van der Waals surface area contributed by atoms with E-state index in [-0.39, 0.29) is 4.80 Å². The van der Waals surface area contributed by atoms with Crippen LogP contribution in [0.25, 0.3) is 0 Å². The SMILES string of the molecule is Cc1ccc(C(=O)[Te][Cs])cc1. The van der Waals surface area contributed by atoms with Crippen molar-refractivity contribution in [3.63, 3.8) is 0 Å². The van der Waals surface area contributed by atoms with Crippen molar-refractivity contribution in [3.8, 4) is 0 Å². The molecule has 0 radical (unpaired) electrons. The number of carbonyl (C=O) groups is 1. The number of carbonyl (C=O) groups excluding carboxylic acids is 1. The van der Waals surface area contributed by atoms with Gasteiger partial charge in [-0.25, -0.2) is 0 Å². The van der Waals surface area contributed by atoms with Gasteiger partial charge < -0.3 is 0 Å². The summed E-state index contributed by atoms with van der Waals surface area (Å²) < 4.78 is 0.442. The fourth-order valence-electron chi connectivity index (χ4n) is 0.807. The molecule has 0 N–H and O–H groups in total. The summed E-state index contributed by atoms with van der Waals surface area (Å²) in [6, 6.07) is 7.90. The van der Waals surface area contributed by atoms with Crippen molar-refractivity contribution in [1.29, 1.82) is 0 Å². The molecule has 0 aliphatic rings. The van der Waals surface area contributed by atoms with Crippen molar-refractivity contribution >= 4 is 67.3 Å². The Hall–Kier alpha value is 1.73. The first kappa shape index (κ1) is 10.8. The van der Waals surface area contributed by atoms with Crippen LogP contribution in [-0.4, -0.2) is 67.3 Å². The van der Waals surface area contributed by atoms with E-state index < -0.39 is 0 Å². The quantitative estimate of drug-likeness (QED) is 0.699. The van der Waals surface area contributed by atoms with Crippen LogP contribution in [0.15, 0.2) is 24.3 Å². The average Bonchev–Trinajstić information content (AvgIpc) is 2.05. The van der Waals surface area contributed by atoms with E-state index in [2.05, 4.69) is 0 Å². The molecule has 0 saturated heterocycles. The van der Waals surface area contributed by atoms with Crippen LogP contribution in [0.3, 0.4) is 0 Å². The molecular formula is C8H7CsOTe. The Morgan fingerprint density at radius 2 is 1.91 bits per heavy atom. The molecular weight excluding hydrogens is 373 g/mol. The van der Waals surface area contributed by atoms with Gasteiger partial charge in [0.15, 0.2) is 0 Å². The molecule has 0 aliphatic heterocycles. The van der Waals surface area contributed by atoms with Crippen LogP contribution in [-0.2, 0) is 0 Å². The number of benzene rings is 1. The van der Waals surface area contributed by atoms with E-state index in [0.717, 1.165) is 5.56 Å². The zero-order chi connectivity index (χ0) is 8.27. The van der Waals surface area contributed by atoms with Crippen LogP contribution < -0.4 is 0 Å². The van der Waals surface area contributed by atoms with Gasteiger partial charge in [-0.15, -0.1) is 0 Å². The van der Waals surface area contributed by atoms with Crippen LogP contribution in [0.1, 0.15) is 15.9 Å². The summed E-state index contributed by atoms with van der Waals surface area (Å²) in [6.07, 6.45) is 0. The summed E-state index contributed by atoms with van der Waals surface area (Å²) in [5.74, 6) is 0. The van der Waals surface area contributed by atoms with Crippen molar-refractivity contribution in [2.45, 2.75) is 6.92 Å². The topological polar surface area (TPSA) is 17.1 Å². The average molecular weight is 380 g/mol. The van der Waals surface area contributed by atoms with Gasteiger partial charge in [0, 0.05) is 0 Å². The van der Waals surface area contributed by atoms with Gasteiger partial charge in [-0.05, 0) is 0 Å². The molecule has 0 aromatic heterocycles. The number of hydrogen-bond acceptors (Lipinski definition) is 1. The second-order valence-corrected chi connectivity index (χ2v) is 13.2. The minimum absolute atomic E-state index is 0.219. The molecule has 0 spiro atoms. The predicted octanol–water partition coefficient (Wildman–Crippen LogP) is 0.923. The molecule has 11 heavy (non-hydrogen) atoms. The molecule has 1 aromatic rings. The summed E-state index contributed by atoms with van der Waals surface area (Å²) in [7, 11) is 0. The third-order valence-electron chi connectivity index (χ3n) is 1.47. The van der Waals surface area contributed by atoms with E-state index in [9.17, 15) is 4.79 Å². The Labute approximate surface area is 111 Å². The molecule has 0 atom stereocenters. The zero-order valence-corrected chi connectivity index (χ0v) is 15.2. The van der Waals surface area contributed by atoms with Crippen molar-refractivity contribution in [3.05, 3.63) is 35.4 Å². The molecule has 1 nitrogen and oxygen atoms in total. The van der Waals surface area contributed by atoms with Gasteiger partial charge in [0.2, 0.25) is 0 Å². The number of rotatable bonds is 2. The Balaban J connectivity index is 2.90. The number of aryl methyl sites for hydroxylation is 1. The molecule has 0 fully saturated rings. The third kappa shape index (κ3) is 3.53. The third-order valence-corrected chi connectivity index (χ3v) is 11.0. The van der Waals surface area contributed by atoms with Crippen molar-refractivity contribution in [2.24, 2.45) is 0 Å². The Morgan fingerprint density at radius 3 is 2.36 bits per heavy atom. The summed E-state index contributed by atoms with van der Waals surface area (Å²) in [4.78, 5) is 11.0. The van der Waals surface area contributed by atoms with E-state index >= 15 is 0 Å². The molecule has 0 bridgehead atoms. The first-order valence-electron chi connectivity index (χ1n) is 3.39. The summed E-state index contributed by atoms with van der Waals surface area (Å²) in [5, 5.41) is 0. The van der Waals surface area contributed by atoms with Crippen LogP contribution >= 0.6 is 0 Å². The summed E-state index contributed by atoms with van der Waals surface area (Å²) >= 11 is 0.534. The Bertz CT molecular complexity index is 255. The molecule has 0 amide bonds. The minimum atomic E-state index is -0.219. The van der Waals surface area contributed by atoms with Gasteiger partial charge >= 0.3 is 114 Å². The normalized spacial score (nSPS) is 9.73. The molecule has 0 unspecified atom stereocenters. The standard InChI is InChI=1S/C8H8OTe.Cs/c1-6-2-4-7(5-3-6)8(9)10;/h2-5H,1H3,(H,9,10);/q;+1/p-1. The van der Waals surface area contributed by atoms with E-state index in [1.165, 1.54) is 5.56 Å². The van der Waals surface area contributed by atoms with Gasteiger partial charge in [-0.2, -0.15) is 0 Å². The second-order valence-electron chi connectivity index (χ2n) is 2.36. The predicted molar refractivity (Wildman–Crippen MR) is 47.0 cm³/mol. The van der Waals surface area contributed by atoms with E-state index in [1.54, 1.807) is 0 Å². The van der Waals surface area contributed by atoms with Crippen molar-refractivity contribution in [2.75, 3.05) is 0 Å². The molecule has 3 heteroatoms. The van der Waals surface area contributed by atoms with E-state index in [1.807, 2.05) is 31.2 Å².